The summed E-state index contributed by atoms with van der Waals surface area (Å²) < 4.78 is 0. The summed E-state index contributed by atoms with van der Waals surface area (Å²) >= 11 is 0. The van der Waals surface area contributed by atoms with Crippen molar-refractivity contribution in [2.24, 2.45) is 0 Å². The van der Waals surface area contributed by atoms with Crippen molar-refractivity contribution in [2.45, 2.75) is 413 Å². The van der Waals surface area contributed by atoms with Crippen molar-refractivity contribution in [3.8, 4) is 0 Å². The van der Waals surface area contributed by atoms with Crippen LogP contribution in [0.25, 0.3) is 46.4 Å². The van der Waals surface area contributed by atoms with Crippen molar-refractivity contribution in [3.05, 3.63) is 69.3 Å². The number of H-pyrrole nitrogens is 2. The highest BCUT2D eigenvalue weighted by Gasteiger charge is 2.17. The molecule has 0 fully saturated rings. The van der Waals surface area contributed by atoms with Crippen molar-refractivity contribution < 1.29 is 0 Å². The van der Waals surface area contributed by atoms with Crippen LogP contribution in [0.5, 0.6) is 0 Å². The first kappa shape index (κ1) is 75.3. The molecule has 0 saturated heterocycles. The van der Waals surface area contributed by atoms with Gasteiger partial charge in [0.1, 0.15) is 0 Å². The van der Waals surface area contributed by atoms with E-state index in [2.05, 4.69) is 86.2 Å². The molecule has 2 aliphatic rings. The third-order valence-corrected chi connectivity index (χ3v) is 20.3. The second-order valence-corrected chi connectivity index (χ2v) is 28.3. The smallest absolute Gasteiger partial charge is 0.0690 e. The fourth-order valence-electron chi connectivity index (χ4n) is 14.5. The molecule has 2 N–H and O–H groups in total. The molecule has 4 heteroatoms. The SMILES string of the molecule is CCCCCCCCCCCCCCCCc1c2nc(c(CCCCCCCCCCCCCCCC)c3ccc([nH]3)c(CCCCCCCCCCCCCCCC)c3nc(c(CCCCCCCCCCCCCCCC)c4ccc1[nH]4)C=C3)C=C2. The second kappa shape index (κ2) is 52.1. The van der Waals surface area contributed by atoms with Crippen LogP contribution < -0.4 is 0 Å². The van der Waals surface area contributed by atoms with Crippen LogP contribution in [0.1, 0.15) is 432 Å². The summed E-state index contributed by atoms with van der Waals surface area (Å²) in [7, 11) is 0. The standard InChI is InChI=1S/C84H142N4/c1-5-9-13-17-21-25-29-33-37-41-45-49-53-57-61-73-77-65-67-79(85-77)74(62-58-54-50-46-42-38-34-30-26-22-18-14-10-6-2)81-69-71-83(87-81)76(64-60-56-52-48-44-40-36-32-28-24-20-16-12-8-4)84-72-70-82(88-84)75(80-68-66-78(73)86-80)63-59-55-51-47-43-39-35-31-27-23-19-15-11-7-3/h65-72,85,88H,5-64H2,1-4H3. The van der Waals surface area contributed by atoms with Crippen LogP contribution in [0.3, 0.4) is 0 Å². The molecule has 0 spiro atoms. The molecular formula is C84H142N4. The van der Waals surface area contributed by atoms with Crippen LogP contribution in [-0.2, 0) is 25.7 Å². The first-order chi connectivity index (χ1) is 43.7. The summed E-state index contributed by atoms with van der Waals surface area (Å²) in [5.41, 5.74) is 15.3. The van der Waals surface area contributed by atoms with Gasteiger partial charge in [0.25, 0.3) is 0 Å². The van der Waals surface area contributed by atoms with Gasteiger partial charge < -0.3 is 9.97 Å². The van der Waals surface area contributed by atoms with E-state index in [0.29, 0.717) is 0 Å². The quantitative estimate of drug-likeness (QED) is 0.0381. The summed E-state index contributed by atoms with van der Waals surface area (Å²) in [6.07, 6.45) is 91.3. The molecule has 5 heterocycles. The Labute approximate surface area is 545 Å². The lowest BCUT2D eigenvalue weighted by Crippen LogP contribution is -1.96. The molecule has 3 aromatic rings. The van der Waals surface area contributed by atoms with Gasteiger partial charge in [-0.1, -0.05) is 362 Å². The molecule has 4 nitrogen and oxygen atoms in total. The van der Waals surface area contributed by atoms with E-state index in [-0.39, 0.29) is 0 Å². The number of nitrogens with one attached hydrogen (secondary N) is 2. The van der Waals surface area contributed by atoms with Crippen molar-refractivity contribution in [1.82, 2.24) is 19.9 Å². The zero-order chi connectivity index (χ0) is 61.8. The molecule has 498 valence electrons. The first-order valence-corrected chi connectivity index (χ1v) is 39.8. The van der Waals surface area contributed by atoms with E-state index in [9.17, 15) is 0 Å². The third-order valence-electron chi connectivity index (χ3n) is 20.3. The number of unbranched alkanes of at least 4 members (excludes halogenated alkanes) is 52. The zero-order valence-corrected chi connectivity index (χ0v) is 58.9. The van der Waals surface area contributed by atoms with Gasteiger partial charge in [0.05, 0.1) is 22.8 Å². The van der Waals surface area contributed by atoms with E-state index in [0.717, 1.165) is 25.7 Å². The van der Waals surface area contributed by atoms with Gasteiger partial charge in [-0.3, -0.25) is 0 Å². The van der Waals surface area contributed by atoms with Gasteiger partial charge >= 0.3 is 0 Å². The minimum absolute atomic E-state index is 1.06. The topological polar surface area (TPSA) is 57.4 Å². The fraction of sp³-hybridized carbons (Fsp3) is 0.762. The molecule has 88 heavy (non-hydrogen) atoms. The second-order valence-electron chi connectivity index (χ2n) is 28.3. The van der Waals surface area contributed by atoms with E-state index in [4.69, 9.17) is 9.97 Å². The molecule has 2 aliphatic heterocycles. The lowest BCUT2D eigenvalue weighted by Gasteiger charge is -2.07. The Morgan fingerprint density at radius 2 is 0.330 bits per heavy atom. The van der Waals surface area contributed by atoms with Gasteiger partial charge in [0.15, 0.2) is 0 Å². The van der Waals surface area contributed by atoms with Gasteiger partial charge in [-0.15, -0.1) is 0 Å². The van der Waals surface area contributed by atoms with Crippen LogP contribution in [0.4, 0.5) is 0 Å². The number of aromatic amines is 2. The lowest BCUT2D eigenvalue weighted by atomic mass is 10.0. The predicted octanol–water partition coefficient (Wildman–Crippen LogP) is 28.8. The van der Waals surface area contributed by atoms with E-state index in [1.54, 1.807) is 0 Å². The fourth-order valence-corrected chi connectivity index (χ4v) is 14.5. The number of nitrogens with zero attached hydrogens (tertiary/aromatic N) is 2. The minimum Gasteiger partial charge on any atom is -0.355 e. The normalized spacial score (nSPS) is 12.2. The highest BCUT2D eigenvalue weighted by molar-refractivity contribution is 5.83. The summed E-state index contributed by atoms with van der Waals surface area (Å²) in [6.45, 7) is 9.28. The van der Waals surface area contributed by atoms with Crippen LogP contribution in [0.15, 0.2) is 24.3 Å². The van der Waals surface area contributed by atoms with Crippen molar-refractivity contribution in [1.29, 1.82) is 0 Å². The third kappa shape index (κ3) is 33.3. The largest absolute Gasteiger partial charge is 0.355 e. The van der Waals surface area contributed by atoms with Gasteiger partial charge in [-0.05, 0) is 99.9 Å². The monoisotopic (exact) mass is 1210 g/mol. The van der Waals surface area contributed by atoms with Gasteiger partial charge in [0, 0.05) is 44.3 Å². The number of hydrogen-bond donors (Lipinski definition) is 2. The van der Waals surface area contributed by atoms with Gasteiger partial charge in [-0.2, -0.15) is 0 Å². The van der Waals surface area contributed by atoms with Gasteiger partial charge in [-0.25, -0.2) is 9.97 Å². The Morgan fingerprint density at radius 3 is 0.477 bits per heavy atom. The number of hydrogen-bond acceptors (Lipinski definition) is 2. The molecular weight excluding hydrogens is 1060 g/mol. The zero-order valence-electron chi connectivity index (χ0n) is 58.9. The summed E-state index contributed by atoms with van der Waals surface area (Å²) in [4.78, 5) is 19.6. The Morgan fingerprint density at radius 1 is 0.193 bits per heavy atom. The average molecular weight is 1210 g/mol. The molecule has 8 bridgehead atoms. The van der Waals surface area contributed by atoms with Crippen molar-refractivity contribution in [3.63, 3.8) is 0 Å². The molecule has 0 amide bonds. The summed E-state index contributed by atoms with van der Waals surface area (Å²) in [6, 6.07) is 9.61. The lowest BCUT2D eigenvalue weighted by molar-refractivity contribution is 0.535. The first-order valence-electron chi connectivity index (χ1n) is 39.8. The van der Waals surface area contributed by atoms with Crippen LogP contribution in [0, 0.1) is 0 Å². The van der Waals surface area contributed by atoms with Crippen molar-refractivity contribution in [2.75, 3.05) is 0 Å². The molecule has 0 saturated carbocycles. The Bertz CT molecular complexity index is 2060. The highest BCUT2D eigenvalue weighted by Crippen LogP contribution is 2.31. The van der Waals surface area contributed by atoms with Crippen LogP contribution >= 0.6 is 0 Å². The van der Waals surface area contributed by atoms with E-state index < -0.39 is 0 Å². The molecule has 0 aromatic carbocycles. The molecule has 0 aliphatic carbocycles. The van der Waals surface area contributed by atoms with Crippen LogP contribution in [-0.4, -0.2) is 19.9 Å². The number of aryl methyl sites for hydroxylation is 4. The highest BCUT2D eigenvalue weighted by atomic mass is 14.8. The Hall–Kier alpha value is -3.40. The molecule has 3 aromatic heterocycles. The maximum atomic E-state index is 5.69. The van der Waals surface area contributed by atoms with Gasteiger partial charge in [0.2, 0.25) is 0 Å². The number of aromatic nitrogens is 4. The Kier molecular flexibility index (Phi) is 44.6. The average Bonchev–Trinajstić information content (AvgIpc) is 2.12. The number of fused-ring (bicyclic) bond motifs is 8. The maximum Gasteiger partial charge on any atom is 0.0690 e. The minimum atomic E-state index is 1.06. The van der Waals surface area contributed by atoms with E-state index >= 15 is 0 Å². The van der Waals surface area contributed by atoms with Crippen molar-refractivity contribution >= 4 is 46.4 Å². The Balaban J connectivity index is 1.34. The molecule has 0 unspecified atom stereocenters. The molecule has 5 rings (SSSR count). The molecule has 0 atom stereocenters. The summed E-state index contributed by atoms with van der Waals surface area (Å²) in [5.74, 6) is 0. The van der Waals surface area contributed by atoms with E-state index in [1.165, 1.54) is 427 Å². The predicted molar refractivity (Wildman–Crippen MR) is 395 cm³/mol. The maximum absolute atomic E-state index is 5.69. The molecule has 0 radical (unpaired) electrons. The summed E-state index contributed by atoms with van der Waals surface area (Å²) in [5, 5.41) is 0. The van der Waals surface area contributed by atoms with Crippen LogP contribution in [0.2, 0.25) is 0 Å². The van der Waals surface area contributed by atoms with E-state index in [1.807, 2.05) is 0 Å². The number of rotatable bonds is 60.